The van der Waals surface area contributed by atoms with Gasteiger partial charge in [0.05, 0.1) is 12.5 Å². The largest absolute Gasteiger partial charge is 0.497 e. The number of carbonyl (C=O) groups excluding carboxylic acids is 1. The van der Waals surface area contributed by atoms with Crippen LogP contribution in [-0.2, 0) is 15.0 Å². The van der Waals surface area contributed by atoms with E-state index in [2.05, 4.69) is 0 Å². The van der Waals surface area contributed by atoms with Crippen LogP contribution < -0.4 is 4.74 Å². The molecule has 1 amide bonds. The van der Waals surface area contributed by atoms with E-state index in [1.54, 1.807) is 7.11 Å². The van der Waals surface area contributed by atoms with Gasteiger partial charge in [0.1, 0.15) is 5.75 Å². The van der Waals surface area contributed by atoms with Crippen molar-refractivity contribution in [2.45, 2.75) is 44.9 Å². The predicted molar refractivity (Wildman–Crippen MR) is 92.2 cm³/mol. The molecule has 0 radical (unpaired) electrons. The molecule has 132 valence electrons. The van der Waals surface area contributed by atoms with Crippen LogP contribution >= 0.6 is 0 Å². The van der Waals surface area contributed by atoms with Crippen molar-refractivity contribution in [2.24, 2.45) is 5.92 Å². The maximum Gasteiger partial charge on any atom is 0.303 e. The van der Waals surface area contributed by atoms with Crippen molar-refractivity contribution in [1.29, 1.82) is 0 Å². The zero-order valence-corrected chi connectivity index (χ0v) is 14.7. The van der Waals surface area contributed by atoms with E-state index in [9.17, 15) is 9.59 Å². The van der Waals surface area contributed by atoms with Gasteiger partial charge in [-0.1, -0.05) is 12.1 Å². The second-order valence-electron chi connectivity index (χ2n) is 7.05. The molecule has 5 heteroatoms. The van der Waals surface area contributed by atoms with E-state index in [0.717, 1.165) is 30.7 Å². The molecule has 0 unspecified atom stereocenters. The summed E-state index contributed by atoms with van der Waals surface area (Å²) in [5, 5.41) is 8.85. The number of carboxylic acids is 1. The number of hydrogen-bond donors (Lipinski definition) is 1. The first kappa shape index (κ1) is 18.3. The molecule has 1 aliphatic rings. The zero-order valence-electron chi connectivity index (χ0n) is 14.7. The molecular formula is C19H27NO4. The Morgan fingerprint density at radius 2 is 1.96 bits per heavy atom. The van der Waals surface area contributed by atoms with Gasteiger partial charge in [0, 0.05) is 19.5 Å². The minimum atomic E-state index is -0.767. The van der Waals surface area contributed by atoms with Gasteiger partial charge in [0.15, 0.2) is 0 Å². The monoisotopic (exact) mass is 333 g/mol. The van der Waals surface area contributed by atoms with E-state index in [-0.39, 0.29) is 18.2 Å². The van der Waals surface area contributed by atoms with Crippen LogP contribution in [0.15, 0.2) is 24.3 Å². The number of rotatable bonds is 6. The highest BCUT2D eigenvalue weighted by Crippen LogP contribution is 2.30. The number of methoxy groups -OCH3 is 1. The molecule has 0 aliphatic carbocycles. The van der Waals surface area contributed by atoms with Gasteiger partial charge >= 0.3 is 5.97 Å². The van der Waals surface area contributed by atoms with E-state index < -0.39 is 11.4 Å². The molecule has 5 nitrogen and oxygen atoms in total. The van der Waals surface area contributed by atoms with Crippen LogP contribution in [0.1, 0.15) is 45.1 Å². The molecule has 1 aliphatic heterocycles. The van der Waals surface area contributed by atoms with Crippen molar-refractivity contribution in [3.05, 3.63) is 29.8 Å². The molecule has 0 saturated carbocycles. The lowest BCUT2D eigenvalue weighted by molar-refractivity contribution is -0.138. The Balaban J connectivity index is 2.06. The van der Waals surface area contributed by atoms with Crippen LogP contribution in [0.25, 0.3) is 0 Å². The van der Waals surface area contributed by atoms with E-state index >= 15 is 0 Å². The predicted octanol–water partition coefficient (Wildman–Crippen LogP) is 3.08. The van der Waals surface area contributed by atoms with Crippen LogP contribution in [-0.4, -0.2) is 42.1 Å². The van der Waals surface area contributed by atoms with Crippen molar-refractivity contribution in [2.75, 3.05) is 20.2 Å². The Morgan fingerprint density at radius 3 is 2.54 bits per heavy atom. The van der Waals surface area contributed by atoms with Crippen molar-refractivity contribution in [3.8, 4) is 5.75 Å². The van der Waals surface area contributed by atoms with Gasteiger partial charge in [-0.05, 0) is 56.7 Å². The number of nitrogens with zero attached hydrogens (tertiary/aromatic N) is 1. The average molecular weight is 333 g/mol. The van der Waals surface area contributed by atoms with Crippen molar-refractivity contribution in [1.82, 2.24) is 4.90 Å². The molecule has 1 saturated heterocycles. The molecule has 1 N–H and O–H groups in total. The van der Waals surface area contributed by atoms with Crippen LogP contribution in [0.2, 0.25) is 0 Å². The lowest BCUT2D eigenvalue weighted by Crippen LogP contribution is -2.48. The summed E-state index contributed by atoms with van der Waals surface area (Å²) >= 11 is 0. The number of benzene rings is 1. The normalized spacial score (nSPS) is 18.3. The lowest BCUT2D eigenvalue weighted by Gasteiger charge is -2.38. The quantitative estimate of drug-likeness (QED) is 0.869. The SMILES string of the molecule is COc1ccc(C(C)(C)C(=O)N2CCC[C@H](CCC(=O)O)C2)cc1. The fourth-order valence-electron chi connectivity index (χ4n) is 3.34. The summed E-state index contributed by atoms with van der Waals surface area (Å²) in [6.07, 6.45) is 2.76. The second kappa shape index (κ2) is 7.69. The lowest BCUT2D eigenvalue weighted by atomic mass is 9.82. The second-order valence-corrected chi connectivity index (χ2v) is 7.05. The molecule has 1 fully saturated rings. The summed E-state index contributed by atoms with van der Waals surface area (Å²) in [6, 6.07) is 7.61. The molecular weight excluding hydrogens is 306 g/mol. The first-order valence-corrected chi connectivity index (χ1v) is 8.50. The summed E-state index contributed by atoms with van der Waals surface area (Å²) in [7, 11) is 1.62. The van der Waals surface area contributed by atoms with E-state index in [1.165, 1.54) is 0 Å². The summed E-state index contributed by atoms with van der Waals surface area (Å²) in [4.78, 5) is 25.7. The van der Waals surface area contributed by atoms with Gasteiger partial charge in [0.25, 0.3) is 0 Å². The molecule has 1 aromatic rings. The van der Waals surface area contributed by atoms with E-state index in [1.807, 2.05) is 43.0 Å². The van der Waals surface area contributed by atoms with Gasteiger partial charge < -0.3 is 14.7 Å². The zero-order chi connectivity index (χ0) is 17.7. The molecule has 0 spiro atoms. The van der Waals surface area contributed by atoms with E-state index in [4.69, 9.17) is 9.84 Å². The smallest absolute Gasteiger partial charge is 0.303 e. The van der Waals surface area contributed by atoms with Gasteiger partial charge in [-0.2, -0.15) is 0 Å². The average Bonchev–Trinajstić information content (AvgIpc) is 2.59. The Kier molecular flexibility index (Phi) is 5.86. The molecule has 1 heterocycles. The van der Waals surface area contributed by atoms with Gasteiger partial charge in [-0.3, -0.25) is 9.59 Å². The van der Waals surface area contributed by atoms with Crippen molar-refractivity contribution < 1.29 is 19.4 Å². The number of piperidine rings is 1. The summed E-state index contributed by atoms with van der Waals surface area (Å²) in [5.74, 6) is 0.392. The molecule has 2 rings (SSSR count). The number of ether oxygens (including phenoxy) is 1. The van der Waals surface area contributed by atoms with E-state index in [0.29, 0.717) is 13.0 Å². The highest BCUT2D eigenvalue weighted by atomic mass is 16.5. The number of carbonyl (C=O) groups is 2. The number of likely N-dealkylation sites (tertiary alicyclic amines) is 1. The van der Waals surface area contributed by atoms with Gasteiger partial charge in [0.2, 0.25) is 5.91 Å². The fourth-order valence-corrected chi connectivity index (χ4v) is 3.34. The maximum absolute atomic E-state index is 13.0. The Bertz CT molecular complexity index is 580. The first-order valence-electron chi connectivity index (χ1n) is 8.50. The third-order valence-corrected chi connectivity index (χ3v) is 4.92. The van der Waals surface area contributed by atoms with Crippen molar-refractivity contribution >= 4 is 11.9 Å². The summed E-state index contributed by atoms with van der Waals surface area (Å²) in [5.41, 5.74) is 0.349. The molecule has 24 heavy (non-hydrogen) atoms. The Labute approximate surface area is 143 Å². The number of carboxylic acid groups (broad SMARTS) is 1. The molecule has 0 bridgehead atoms. The highest BCUT2D eigenvalue weighted by molar-refractivity contribution is 5.87. The van der Waals surface area contributed by atoms with Crippen LogP contribution in [0.4, 0.5) is 0 Å². The first-order chi connectivity index (χ1) is 11.3. The minimum Gasteiger partial charge on any atom is -0.497 e. The molecule has 1 aromatic carbocycles. The van der Waals surface area contributed by atoms with Gasteiger partial charge in [-0.25, -0.2) is 0 Å². The Hall–Kier alpha value is -2.04. The third-order valence-electron chi connectivity index (χ3n) is 4.92. The fraction of sp³-hybridized carbons (Fsp3) is 0.579. The minimum absolute atomic E-state index is 0.104. The number of aliphatic carboxylic acids is 1. The molecule has 0 aromatic heterocycles. The van der Waals surface area contributed by atoms with Crippen LogP contribution in [0.5, 0.6) is 5.75 Å². The van der Waals surface area contributed by atoms with Crippen molar-refractivity contribution in [3.63, 3.8) is 0 Å². The molecule has 1 atom stereocenters. The van der Waals surface area contributed by atoms with Crippen LogP contribution in [0, 0.1) is 5.92 Å². The summed E-state index contributed by atoms with van der Waals surface area (Å²) < 4.78 is 5.18. The maximum atomic E-state index is 13.0. The highest BCUT2D eigenvalue weighted by Gasteiger charge is 2.35. The van der Waals surface area contributed by atoms with Gasteiger partial charge in [-0.15, -0.1) is 0 Å². The number of amides is 1. The summed E-state index contributed by atoms with van der Waals surface area (Å²) in [6.45, 7) is 5.30. The van der Waals surface area contributed by atoms with Crippen LogP contribution in [0.3, 0.4) is 0 Å². The Morgan fingerprint density at radius 1 is 1.29 bits per heavy atom. The topological polar surface area (TPSA) is 66.8 Å². The number of hydrogen-bond acceptors (Lipinski definition) is 3. The third kappa shape index (κ3) is 4.28. The standard InChI is InChI=1S/C19H27NO4/c1-19(2,15-7-9-16(24-3)10-8-15)18(23)20-12-4-5-14(13-20)6-11-17(21)22/h7-10,14H,4-6,11-13H2,1-3H3,(H,21,22)/t14-/m1/s1.